The molecule has 1 atom stereocenters. The zero-order chi connectivity index (χ0) is 12.8. The molecule has 0 bridgehead atoms. The molecule has 0 spiro atoms. The predicted molar refractivity (Wildman–Crippen MR) is 77.4 cm³/mol. The van der Waals surface area contributed by atoms with E-state index in [2.05, 4.69) is 33.7 Å². The van der Waals surface area contributed by atoms with E-state index in [0.29, 0.717) is 6.04 Å². The van der Waals surface area contributed by atoms with Crippen LogP contribution < -0.4 is 11.3 Å². The Morgan fingerprint density at radius 2 is 2.33 bits per heavy atom. The van der Waals surface area contributed by atoms with Crippen molar-refractivity contribution < 1.29 is 0 Å². The topological polar surface area (TPSA) is 55.9 Å². The second-order valence-corrected chi connectivity index (χ2v) is 6.27. The Balaban J connectivity index is 1.81. The summed E-state index contributed by atoms with van der Waals surface area (Å²) in [7, 11) is 0. The van der Waals surface area contributed by atoms with Crippen LogP contribution in [-0.2, 0) is 13.0 Å². The number of nitrogens with one attached hydrogen (secondary N) is 1. The second-order valence-electron chi connectivity index (χ2n) is 4.94. The smallest absolute Gasteiger partial charge is 0.110 e. The van der Waals surface area contributed by atoms with Gasteiger partial charge in [-0.25, -0.2) is 4.98 Å². The van der Waals surface area contributed by atoms with Gasteiger partial charge in [-0.05, 0) is 19.8 Å². The maximum atomic E-state index is 5.67. The molecule has 102 valence electrons. The highest BCUT2D eigenvalue weighted by atomic mass is 32.2. The summed E-state index contributed by atoms with van der Waals surface area (Å²) < 4.78 is 2.19. The lowest BCUT2D eigenvalue weighted by molar-refractivity contribution is 0.543. The Morgan fingerprint density at radius 3 is 3.00 bits per heavy atom. The van der Waals surface area contributed by atoms with Gasteiger partial charge >= 0.3 is 0 Å². The number of nitrogens with two attached hydrogens (primary N) is 1. The van der Waals surface area contributed by atoms with E-state index in [1.54, 1.807) is 0 Å². The molecule has 1 fully saturated rings. The van der Waals surface area contributed by atoms with Gasteiger partial charge in [-0.3, -0.25) is 11.3 Å². The molecule has 0 amide bonds. The van der Waals surface area contributed by atoms with Crippen LogP contribution in [0.4, 0.5) is 0 Å². The Labute approximate surface area is 114 Å². The molecule has 2 rings (SSSR count). The van der Waals surface area contributed by atoms with Crippen molar-refractivity contribution in [2.45, 2.75) is 56.9 Å². The third kappa shape index (κ3) is 3.73. The largest absolute Gasteiger partial charge is 0.335 e. The number of nitrogens with zero attached hydrogens (tertiary/aromatic N) is 2. The van der Waals surface area contributed by atoms with Crippen LogP contribution >= 0.6 is 11.8 Å². The first-order valence-electron chi connectivity index (χ1n) is 6.91. The van der Waals surface area contributed by atoms with Gasteiger partial charge in [0, 0.05) is 42.4 Å². The van der Waals surface area contributed by atoms with Crippen molar-refractivity contribution in [3.63, 3.8) is 0 Å². The molecule has 1 heterocycles. The third-order valence-corrected chi connectivity index (χ3v) is 5.18. The summed E-state index contributed by atoms with van der Waals surface area (Å²) in [5, 5.41) is 0.853. The van der Waals surface area contributed by atoms with Crippen molar-refractivity contribution in [1.82, 2.24) is 15.0 Å². The molecule has 5 heteroatoms. The van der Waals surface area contributed by atoms with Gasteiger partial charge in [0.05, 0.1) is 0 Å². The molecule has 0 aromatic carbocycles. The maximum absolute atomic E-state index is 5.67. The first-order valence-corrected chi connectivity index (χ1v) is 7.96. The van der Waals surface area contributed by atoms with Gasteiger partial charge in [-0.2, -0.15) is 11.8 Å². The molecule has 1 aromatic heterocycles. The van der Waals surface area contributed by atoms with Crippen molar-refractivity contribution in [1.29, 1.82) is 0 Å². The molecule has 1 aromatic rings. The van der Waals surface area contributed by atoms with E-state index in [0.717, 1.165) is 29.8 Å². The van der Waals surface area contributed by atoms with E-state index in [4.69, 9.17) is 5.84 Å². The zero-order valence-electron chi connectivity index (χ0n) is 11.1. The third-order valence-electron chi connectivity index (χ3n) is 3.64. The van der Waals surface area contributed by atoms with Gasteiger partial charge in [0.25, 0.3) is 0 Å². The number of aromatic nitrogens is 2. The lowest BCUT2D eigenvalue weighted by Gasteiger charge is -2.18. The molecule has 1 saturated carbocycles. The molecule has 18 heavy (non-hydrogen) atoms. The second kappa shape index (κ2) is 7.16. The molecule has 1 aliphatic carbocycles. The summed E-state index contributed by atoms with van der Waals surface area (Å²) in [6, 6.07) is 0.322. The van der Waals surface area contributed by atoms with Gasteiger partial charge in [0.2, 0.25) is 0 Å². The average Bonchev–Trinajstić information content (AvgIpc) is 3.05. The minimum Gasteiger partial charge on any atom is -0.335 e. The Morgan fingerprint density at radius 1 is 1.56 bits per heavy atom. The van der Waals surface area contributed by atoms with Crippen LogP contribution in [0.5, 0.6) is 0 Å². The normalized spacial score (nSPS) is 18.3. The van der Waals surface area contributed by atoms with Gasteiger partial charge in [-0.1, -0.05) is 12.8 Å². The molecule has 0 aliphatic heterocycles. The number of thioether (sulfide) groups is 1. The molecule has 0 radical (unpaired) electrons. The number of hydrazine groups is 1. The van der Waals surface area contributed by atoms with Crippen LogP contribution in [-0.4, -0.2) is 26.6 Å². The fourth-order valence-corrected chi connectivity index (χ4v) is 3.90. The van der Waals surface area contributed by atoms with Crippen LogP contribution in [0.15, 0.2) is 12.4 Å². The minimum absolute atomic E-state index is 0.322. The number of hydrogen-bond acceptors (Lipinski definition) is 4. The van der Waals surface area contributed by atoms with Gasteiger partial charge in [0.15, 0.2) is 0 Å². The average molecular weight is 268 g/mol. The number of aryl methyl sites for hydroxylation is 1. The van der Waals surface area contributed by atoms with Crippen molar-refractivity contribution in [3.8, 4) is 0 Å². The highest BCUT2D eigenvalue weighted by molar-refractivity contribution is 7.99. The van der Waals surface area contributed by atoms with Crippen LogP contribution in [0.1, 0.15) is 38.4 Å². The minimum atomic E-state index is 0.322. The highest BCUT2D eigenvalue weighted by Crippen LogP contribution is 2.29. The van der Waals surface area contributed by atoms with Gasteiger partial charge < -0.3 is 4.57 Å². The lowest BCUT2D eigenvalue weighted by Crippen LogP contribution is -2.39. The fraction of sp³-hybridized carbons (Fsp3) is 0.769. The summed E-state index contributed by atoms with van der Waals surface area (Å²) in [4.78, 5) is 4.41. The van der Waals surface area contributed by atoms with E-state index < -0.39 is 0 Å². The lowest BCUT2D eigenvalue weighted by atomic mass is 10.2. The fourth-order valence-electron chi connectivity index (χ4n) is 2.51. The Bertz CT molecular complexity index is 347. The van der Waals surface area contributed by atoms with Gasteiger partial charge in [0.1, 0.15) is 5.82 Å². The summed E-state index contributed by atoms with van der Waals surface area (Å²) >= 11 is 2.07. The first-order chi connectivity index (χ1) is 8.83. The summed E-state index contributed by atoms with van der Waals surface area (Å²) in [6.45, 7) is 3.12. The SMILES string of the molecule is CCn1ccnc1CC(CSC1CCCC1)NN. The van der Waals surface area contributed by atoms with Crippen LogP contribution in [0, 0.1) is 0 Å². The molecule has 1 unspecified atom stereocenters. The van der Waals surface area contributed by atoms with Crippen LogP contribution in [0.25, 0.3) is 0 Å². The van der Waals surface area contributed by atoms with Crippen molar-refractivity contribution >= 4 is 11.8 Å². The number of hydrogen-bond donors (Lipinski definition) is 2. The predicted octanol–water partition coefficient (Wildman–Crippen LogP) is 1.95. The molecular weight excluding hydrogens is 244 g/mol. The van der Waals surface area contributed by atoms with E-state index >= 15 is 0 Å². The van der Waals surface area contributed by atoms with E-state index in [1.807, 2.05) is 12.4 Å². The molecular formula is C13H24N4S. The standard InChI is InChI=1S/C13H24N4S/c1-2-17-8-7-15-13(17)9-11(16-14)10-18-12-5-3-4-6-12/h7-8,11-12,16H,2-6,9-10,14H2,1H3. The van der Waals surface area contributed by atoms with Crippen molar-refractivity contribution in [3.05, 3.63) is 18.2 Å². The Hall–Kier alpha value is -0.520. The highest BCUT2D eigenvalue weighted by Gasteiger charge is 2.18. The van der Waals surface area contributed by atoms with Crippen molar-refractivity contribution in [2.24, 2.45) is 5.84 Å². The molecule has 1 aliphatic rings. The quantitative estimate of drug-likeness (QED) is 0.586. The maximum Gasteiger partial charge on any atom is 0.110 e. The summed E-state index contributed by atoms with van der Waals surface area (Å²) in [5.74, 6) is 7.88. The molecule has 0 saturated heterocycles. The number of rotatable bonds is 7. The van der Waals surface area contributed by atoms with Crippen LogP contribution in [0.3, 0.4) is 0 Å². The zero-order valence-corrected chi connectivity index (χ0v) is 12.0. The monoisotopic (exact) mass is 268 g/mol. The summed E-state index contributed by atoms with van der Waals surface area (Å²) in [6.07, 6.45) is 10.4. The van der Waals surface area contributed by atoms with Crippen molar-refractivity contribution in [2.75, 3.05) is 5.75 Å². The molecule has 3 N–H and O–H groups in total. The van der Waals surface area contributed by atoms with E-state index in [-0.39, 0.29) is 0 Å². The first kappa shape index (κ1) is 13.9. The number of imidazole rings is 1. The Kier molecular flexibility index (Phi) is 5.53. The summed E-state index contributed by atoms with van der Waals surface area (Å²) in [5.41, 5.74) is 2.94. The van der Waals surface area contributed by atoms with E-state index in [9.17, 15) is 0 Å². The van der Waals surface area contributed by atoms with Crippen LogP contribution in [0.2, 0.25) is 0 Å². The van der Waals surface area contributed by atoms with Gasteiger partial charge in [-0.15, -0.1) is 0 Å². The van der Waals surface area contributed by atoms with E-state index in [1.165, 1.54) is 25.7 Å². The molecule has 4 nitrogen and oxygen atoms in total.